The van der Waals surface area contributed by atoms with Crippen molar-refractivity contribution in [3.63, 3.8) is 0 Å². The number of hydrogen-bond donors (Lipinski definition) is 2. The first-order chi connectivity index (χ1) is 4.33. The van der Waals surface area contributed by atoms with Crippen LogP contribution < -0.4 is 5.73 Å². The zero-order chi connectivity index (χ0) is 6.69. The monoisotopic (exact) mass is 165 g/mol. The second kappa shape index (κ2) is 4.94. The summed E-state index contributed by atoms with van der Waals surface area (Å²) in [6, 6.07) is 0. The van der Waals surface area contributed by atoms with Gasteiger partial charge in [-0.2, -0.15) is 0 Å². The molecule has 1 saturated carbocycles. The van der Waals surface area contributed by atoms with E-state index in [1.165, 1.54) is 6.42 Å². The maximum absolute atomic E-state index is 9.16. The molecule has 0 aromatic carbocycles. The van der Waals surface area contributed by atoms with Crippen LogP contribution in [0.15, 0.2) is 0 Å². The van der Waals surface area contributed by atoms with Crippen LogP contribution in [0.5, 0.6) is 0 Å². The van der Waals surface area contributed by atoms with E-state index in [2.05, 4.69) is 0 Å². The molecule has 2 unspecified atom stereocenters. The third-order valence-electron chi connectivity index (χ3n) is 2.09. The lowest BCUT2D eigenvalue weighted by Gasteiger charge is -2.24. The third-order valence-corrected chi connectivity index (χ3v) is 2.09. The number of hydrogen-bond acceptors (Lipinski definition) is 2. The SMILES string of the molecule is Cl.NCC1CCCC(O)C1. The molecule has 0 bridgehead atoms. The smallest absolute Gasteiger partial charge is 0.0543 e. The Balaban J connectivity index is 0.000000810. The van der Waals surface area contributed by atoms with Crippen LogP contribution in [-0.2, 0) is 0 Å². The van der Waals surface area contributed by atoms with Crippen molar-refractivity contribution in [3.05, 3.63) is 0 Å². The zero-order valence-electron chi connectivity index (χ0n) is 6.12. The summed E-state index contributed by atoms with van der Waals surface area (Å²) >= 11 is 0. The Morgan fingerprint density at radius 2 is 2.10 bits per heavy atom. The fourth-order valence-corrected chi connectivity index (χ4v) is 1.48. The lowest BCUT2D eigenvalue weighted by molar-refractivity contribution is 0.103. The van der Waals surface area contributed by atoms with Gasteiger partial charge in [0.2, 0.25) is 0 Å². The number of aliphatic hydroxyl groups excluding tert-OH is 1. The normalized spacial score (nSPS) is 33.0. The highest BCUT2D eigenvalue weighted by Gasteiger charge is 2.17. The quantitative estimate of drug-likeness (QED) is 0.607. The Morgan fingerprint density at radius 3 is 2.50 bits per heavy atom. The maximum Gasteiger partial charge on any atom is 0.0543 e. The van der Waals surface area contributed by atoms with Crippen LogP contribution in [0, 0.1) is 5.92 Å². The van der Waals surface area contributed by atoms with Crippen molar-refractivity contribution in [1.29, 1.82) is 0 Å². The molecule has 0 radical (unpaired) electrons. The largest absolute Gasteiger partial charge is 0.393 e. The van der Waals surface area contributed by atoms with Gasteiger partial charge in [0, 0.05) is 0 Å². The molecule has 10 heavy (non-hydrogen) atoms. The topological polar surface area (TPSA) is 46.2 Å². The van der Waals surface area contributed by atoms with Gasteiger partial charge in [0.05, 0.1) is 6.10 Å². The minimum atomic E-state index is -0.0627. The van der Waals surface area contributed by atoms with Gasteiger partial charge >= 0.3 is 0 Å². The molecule has 0 amide bonds. The van der Waals surface area contributed by atoms with Crippen molar-refractivity contribution in [3.8, 4) is 0 Å². The minimum absolute atomic E-state index is 0. The van der Waals surface area contributed by atoms with E-state index in [1.54, 1.807) is 0 Å². The molecule has 0 aromatic rings. The predicted molar refractivity (Wildman–Crippen MR) is 44.3 cm³/mol. The van der Waals surface area contributed by atoms with Gasteiger partial charge in [-0.15, -0.1) is 12.4 Å². The molecule has 0 heterocycles. The van der Waals surface area contributed by atoms with Gasteiger partial charge in [0.15, 0.2) is 0 Å². The number of aliphatic hydroxyl groups is 1. The highest BCUT2D eigenvalue weighted by molar-refractivity contribution is 5.85. The molecule has 1 fully saturated rings. The van der Waals surface area contributed by atoms with Crippen LogP contribution in [0.4, 0.5) is 0 Å². The molecule has 3 heteroatoms. The predicted octanol–water partition coefficient (Wildman–Crippen LogP) is 0.918. The van der Waals surface area contributed by atoms with Gasteiger partial charge < -0.3 is 10.8 Å². The fraction of sp³-hybridized carbons (Fsp3) is 1.00. The van der Waals surface area contributed by atoms with E-state index in [0.29, 0.717) is 5.92 Å². The summed E-state index contributed by atoms with van der Waals surface area (Å²) in [5, 5.41) is 9.16. The Bertz CT molecular complexity index is 89.7. The molecule has 0 aliphatic heterocycles. The number of halogens is 1. The molecular formula is C7H16ClNO. The highest BCUT2D eigenvalue weighted by Crippen LogP contribution is 2.22. The van der Waals surface area contributed by atoms with E-state index in [0.717, 1.165) is 25.8 Å². The summed E-state index contributed by atoms with van der Waals surface area (Å²) in [5.74, 6) is 0.591. The van der Waals surface area contributed by atoms with Gasteiger partial charge in [0.1, 0.15) is 0 Å². The van der Waals surface area contributed by atoms with Crippen LogP contribution in [-0.4, -0.2) is 17.8 Å². The molecule has 2 nitrogen and oxygen atoms in total. The molecule has 2 atom stereocenters. The lowest BCUT2D eigenvalue weighted by atomic mass is 9.87. The molecule has 3 N–H and O–H groups in total. The van der Waals surface area contributed by atoms with Crippen LogP contribution in [0.1, 0.15) is 25.7 Å². The van der Waals surface area contributed by atoms with Gasteiger partial charge in [0.25, 0.3) is 0 Å². The van der Waals surface area contributed by atoms with Crippen molar-refractivity contribution in [1.82, 2.24) is 0 Å². The highest BCUT2D eigenvalue weighted by atomic mass is 35.5. The van der Waals surface area contributed by atoms with Crippen molar-refractivity contribution >= 4 is 12.4 Å². The van der Waals surface area contributed by atoms with Gasteiger partial charge in [-0.05, 0) is 31.7 Å². The average Bonchev–Trinajstić information content (AvgIpc) is 1.88. The molecule has 0 saturated heterocycles. The van der Waals surface area contributed by atoms with Crippen molar-refractivity contribution in [2.45, 2.75) is 31.8 Å². The standard InChI is InChI=1S/C7H15NO.ClH/c8-5-6-2-1-3-7(9)4-6;/h6-7,9H,1-5,8H2;1H. The Kier molecular flexibility index (Phi) is 5.04. The van der Waals surface area contributed by atoms with Gasteiger partial charge in [-0.3, -0.25) is 0 Å². The van der Waals surface area contributed by atoms with Crippen molar-refractivity contribution in [2.24, 2.45) is 11.7 Å². The maximum atomic E-state index is 9.16. The first-order valence-corrected chi connectivity index (χ1v) is 3.71. The second-order valence-corrected chi connectivity index (χ2v) is 2.92. The van der Waals surface area contributed by atoms with E-state index in [-0.39, 0.29) is 18.5 Å². The average molecular weight is 166 g/mol. The van der Waals surface area contributed by atoms with E-state index in [4.69, 9.17) is 10.8 Å². The number of rotatable bonds is 1. The molecule has 1 rings (SSSR count). The van der Waals surface area contributed by atoms with Crippen LogP contribution in [0.3, 0.4) is 0 Å². The summed E-state index contributed by atoms with van der Waals surface area (Å²) in [4.78, 5) is 0. The molecule has 0 spiro atoms. The molecule has 1 aliphatic carbocycles. The Morgan fingerprint density at radius 1 is 1.40 bits per heavy atom. The van der Waals surface area contributed by atoms with E-state index in [9.17, 15) is 0 Å². The first kappa shape index (κ1) is 10.2. The van der Waals surface area contributed by atoms with Crippen molar-refractivity contribution in [2.75, 3.05) is 6.54 Å². The summed E-state index contributed by atoms with van der Waals surface area (Å²) in [6.07, 6.45) is 4.22. The van der Waals surface area contributed by atoms with E-state index < -0.39 is 0 Å². The first-order valence-electron chi connectivity index (χ1n) is 3.71. The lowest BCUT2D eigenvalue weighted by Crippen LogP contribution is -2.25. The Labute approximate surface area is 68.2 Å². The fourth-order valence-electron chi connectivity index (χ4n) is 1.48. The van der Waals surface area contributed by atoms with Crippen LogP contribution in [0.25, 0.3) is 0 Å². The van der Waals surface area contributed by atoms with Crippen molar-refractivity contribution < 1.29 is 5.11 Å². The van der Waals surface area contributed by atoms with Gasteiger partial charge in [-0.1, -0.05) is 6.42 Å². The Hall–Kier alpha value is 0.210. The number of nitrogens with two attached hydrogens (primary N) is 1. The summed E-state index contributed by atoms with van der Waals surface area (Å²) in [5.41, 5.74) is 5.45. The minimum Gasteiger partial charge on any atom is -0.393 e. The summed E-state index contributed by atoms with van der Waals surface area (Å²) in [6.45, 7) is 0.747. The summed E-state index contributed by atoms with van der Waals surface area (Å²) in [7, 11) is 0. The van der Waals surface area contributed by atoms with Gasteiger partial charge in [-0.25, -0.2) is 0 Å². The summed E-state index contributed by atoms with van der Waals surface area (Å²) < 4.78 is 0. The van der Waals surface area contributed by atoms with Crippen LogP contribution in [0.2, 0.25) is 0 Å². The molecule has 1 aliphatic rings. The molecular weight excluding hydrogens is 150 g/mol. The zero-order valence-corrected chi connectivity index (χ0v) is 6.94. The van der Waals surface area contributed by atoms with Crippen LogP contribution >= 0.6 is 12.4 Å². The van der Waals surface area contributed by atoms with E-state index in [1.807, 2.05) is 0 Å². The molecule has 62 valence electrons. The third kappa shape index (κ3) is 2.86. The van der Waals surface area contributed by atoms with E-state index >= 15 is 0 Å². The molecule has 0 aromatic heterocycles. The second-order valence-electron chi connectivity index (χ2n) is 2.92.